The summed E-state index contributed by atoms with van der Waals surface area (Å²) in [5.74, 6) is 0.970. The molecule has 0 amide bonds. The van der Waals surface area contributed by atoms with Crippen LogP contribution in [0.5, 0.6) is 0 Å². The van der Waals surface area contributed by atoms with E-state index >= 15 is 0 Å². The molecule has 0 heterocycles. The highest BCUT2D eigenvalue weighted by atomic mass is 28.4. The van der Waals surface area contributed by atoms with Crippen molar-refractivity contribution in [1.82, 2.24) is 0 Å². The molecule has 0 saturated heterocycles. The van der Waals surface area contributed by atoms with Crippen LogP contribution in [-0.2, 0) is 9.16 Å². The minimum absolute atomic E-state index is 0.122. The van der Waals surface area contributed by atoms with Gasteiger partial charge in [-0.15, -0.1) is 0 Å². The van der Waals surface area contributed by atoms with Crippen LogP contribution in [0, 0.1) is 0 Å². The second kappa shape index (κ2) is 4.11. The molecule has 1 aliphatic rings. The van der Waals surface area contributed by atoms with Crippen molar-refractivity contribution >= 4 is 8.32 Å². The summed E-state index contributed by atoms with van der Waals surface area (Å²) in [5, 5.41) is 0. The van der Waals surface area contributed by atoms with Gasteiger partial charge in [0.2, 0.25) is 8.32 Å². The molecule has 0 aromatic carbocycles. The van der Waals surface area contributed by atoms with Gasteiger partial charge in [0.15, 0.2) is 0 Å². The summed E-state index contributed by atoms with van der Waals surface area (Å²) in [5.41, 5.74) is 0. The molecule has 0 aromatic heterocycles. The lowest BCUT2D eigenvalue weighted by molar-refractivity contribution is 0.128. The molecule has 0 spiro atoms. The number of hydrogen-bond acceptors (Lipinski definition) is 2. The van der Waals surface area contributed by atoms with Crippen molar-refractivity contribution in [2.75, 3.05) is 6.61 Å². The molecule has 0 N–H and O–H groups in total. The zero-order valence-corrected chi connectivity index (χ0v) is 9.83. The molecule has 0 saturated carbocycles. The highest BCUT2D eigenvalue weighted by molar-refractivity contribution is 6.70. The van der Waals surface area contributed by atoms with Crippen molar-refractivity contribution < 1.29 is 9.16 Å². The third-order valence-corrected chi connectivity index (χ3v) is 2.41. The topological polar surface area (TPSA) is 18.5 Å². The average molecular weight is 198 g/mol. The van der Waals surface area contributed by atoms with Gasteiger partial charge < -0.3 is 9.16 Å². The third-order valence-electron chi connectivity index (χ3n) is 1.56. The quantitative estimate of drug-likeness (QED) is 0.647. The zero-order valence-electron chi connectivity index (χ0n) is 8.83. The minimum Gasteiger partial charge on any atom is -0.544 e. The fourth-order valence-corrected chi connectivity index (χ4v) is 2.02. The van der Waals surface area contributed by atoms with Gasteiger partial charge in [-0.2, -0.15) is 0 Å². The van der Waals surface area contributed by atoms with E-state index in [1.165, 1.54) is 0 Å². The van der Waals surface area contributed by atoms with E-state index in [0.29, 0.717) is 0 Å². The number of rotatable bonds is 4. The summed E-state index contributed by atoms with van der Waals surface area (Å²) in [6, 6.07) is 0. The summed E-state index contributed by atoms with van der Waals surface area (Å²) < 4.78 is 11.2. The summed E-state index contributed by atoms with van der Waals surface area (Å²) in [7, 11) is -1.45. The molecule has 13 heavy (non-hydrogen) atoms. The van der Waals surface area contributed by atoms with Crippen molar-refractivity contribution in [2.45, 2.75) is 32.7 Å². The molecule has 1 rings (SSSR count). The van der Waals surface area contributed by atoms with E-state index in [1.807, 2.05) is 25.2 Å². The van der Waals surface area contributed by atoms with E-state index < -0.39 is 8.32 Å². The Labute approximate surface area is 81.4 Å². The summed E-state index contributed by atoms with van der Waals surface area (Å²) >= 11 is 0. The fourth-order valence-electron chi connectivity index (χ4n) is 1.18. The number of allylic oxidation sites excluding steroid dienone is 1. The Hall–Kier alpha value is -0.543. The van der Waals surface area contributed by atoms with Crippen LogP contribution in [0.2, 0.25) is 19.6 Å². The lowest BCUT2D eigenvalue weighted by Crippen LogP contribution is -2.24. The first-order valence-corrected chi connectivity index (χ1v) is 8.13. The van der Waals surface area contributed by atoms with Crippen LogP contribution < -0.4 is 0 Å². The van der Waals surface area contributed by atoms with E-state index in [9.17, 15) is 0 Å². The molecule has 2 nitrogen and oxygen atoms in total. The van der Waals surface area contributed by atoms with Gasteiger partial charge in [-0.25, -0.2) is 0 Å². The molecule has 0 fully saturated rings. The van der Waals surface area contributed by atoms with Gasteiger partial charge in [0, 0.05) is 6.61 Å². The molecular formula is C10H18O2Si. The maximum atomic E-state index is 5.81. The summed E-state index contributed by atoms with van der Waals surface area (Å²) in [6.45, 7) is 9.27. The smallest absolute Gasteiger partial charge is 0.242 e. The summed E-state index contributed by atoms with van der Waals surface area (Å²) in [6.07, 6.45) is 6.18. The molecule has 1 aliphatic carbocycles. The first-order chi connectivity index (χ1) is 6.01. The van der Waals surface area contributed by atoms with Gasteiger partial charge in [-0.3, -0.25) is 0 Å². The maximum Gasteiger partial charge on any atom is 0.242 e. The Balaban J connectivity index is 2.47. The van der Waals surface area contributed by atoms with Crippen molar-refractivity contribution in [3.63, 3.8) is 0 Å². The second-order valence-corrected chi connectivity index (χ2v) is 8.49. The van der Waals surface area contributed by atoms with Crippen molar-refractivity contribution in [3.05, 3.63) is 24.0 Å². The van der Waals surface area contributed by atoms with E-state index in [2.05, 4.69) is 19.6 Å². The van der Waals surface area contributed by atoms with E-state index in [1.54, 1.807) is 0 Å². The van der Waals surface area contributed by atoms with Crippen LogP contribution in [0.4, 0.5) is 0 Å². The van der Waals surface area contributed by atoms with E-state index in [4.69, 9.17) is 9.16 Å². The Morgan fingerprint density at radius 3 is 2.62 bits per heavy atom. The first kappa shape index (κ1) is 10.5. The molecule has 74 valence electrons. The molecule has 0 bridgehead atoms. The standard InChI is InChI=1S/C10H18O2Si/c1-5-11-9-6-7-10(8-9)12-13(2,3)4/h6-9H,5H2,1-4H3. The van der Waals surface area contributed by atoms with Gasteiger partial charge in [0.25, 0.3) is 0 Å². The Morgan fingerprint density at radius 1 is 1.38 bits per heavy atom. The minimum atomic E-state index is -1.45. The monoisotopic (exact) mass is 198 g/mol. The predicted molar refractivity (Wildman–Crippen MR) is 57.1 cm³/mol. The van der Waals surface area contributed by atoms with Gasteiger partial charge in [0.05, 0.1) is 6.10 Å². The Bertz CT molecular complexity index is 226. The molecule has 1 atom stereocenters. The second-order valence-electron chi connectivity index (χ2n) is 4.06. The first-order valence-electron chi connectivity index (χ1n) is 4.72. The van der Waals surface area contributed by atoms with Gasteiger partial charge in [-0.1, -0.05) is 0 Å². The van der Waals surface area contributed by atoms with E-state index in [-0.39, 0.29) is 6.10 Å². The fraction of sp³-hybridized carbons (Fsp3) is 0.600. The third kappa shape index (κ3) is 3.78. The molecule has 0 aromatic rings. The molecule has 3 heteroatoms. The number of ether oxygens (including phenoxy) is 1. The normalized spacial score (nSPS) is 21.8. The molecule has 0 radical (unpaired) electrons. The highest BCUT2D eigenvalue weighted by Crippen LogP contribution is 2.18. The zero-order chi connectivity index (χ0) is 9.90. The van der Waals surface area contributed by atoms with Crippen molar-refractivity contribution in [1.29, 1.82) is 0 Å². The molecule has 0 aliphatic heterocycles. The lowest BCUT2D eigenvalue weighted by Gasteiger charge is -2.18. The van der Waals surface area contributed by atoms with Crippen LogP contribution in [0.15, 0.2) is 24.0 Å². The van der Waals surface area contributed by atoms with Gasteiger partial charge in [0.1, 0.15) is 5.76 Å². The van der Waals surface area contributed by atoms with Gasteiger partial charge in [-0.05, 0) is 44.8 Å². The molecular weight excluding hydrogens is 180 g/mol. The van der Waals surface area contributed by atoms with Crippen LogP contribution >= 0.6 is 0 Å². The van der Waals surface area contributed by atoms with Crippen molar-refractivity contribution in [2.24, 2.45) is 0 Å². The predicted octanol–water partition coefficient (Wildman–Crippen LogP) is 2.70. The Kier molecular flexibility index (Phi) is 3.33. The van der Waals surface area contributed by atoms with Crippen LogP contribution in [0.25, 0.3) is 0 Å². The highest BCUT2D eigenvalue weighted by Gasteiger charge is 2.19. The van der Waals surface area contributed by atoms with Crippen LogP contribution in [0.3, 0.4) is 0 Å². The van der Waals surface area contributed by atoms with Crippen molar-refractivity contribution in [3.8, 4) is 0 Å². The molecule has 1 unspecified atom stereocenters. The largest absolute Gasteiger partial charge is 0.544 e. The summed E-state index contributed by atoms with van der Waals surface area (Å²) in [4.78, 5) is 0. The number of hydrogen-bond donors (Lipinski definition) is 0. The lowest BCUT2D eigenvalue weighted by atomic mass is 10.4. The van der Waals surface area contributed by atoms with Gasteiger partial charge >= 0.3 is 0 Å². The van der Waals surface area contributed by atoms with E-state index in [0.717, 1.165) is 12.4 Å². The average Bonchev–Trinajstić information content (AvgIpc) is 2.33. The van der Waals surface area contributed by atoms with Crippen LogP contribution in [-0.4, -0.2) is 21.0 Å². The van der Waals surface area contributed by atoms with Crippen LogP contribution in [0.1, 0.15) is 6.92 Å². The maximum absolute atomic E-state index is 5.81. The Morgan fingerprint density at radius 2 is 2.08 bits per heavy atom. The SMILES string of the molecule is CCOC1C=CC(O[Si](C)(C)C)=C1.